The van der Waals surface area contributed by atoms with E-state index in [1.54, 1.807) is 6.07 Å². The van der Waals surface area contributed by atoms with Crippen LogP contribution < -0.4 is 9.55 Å². The van der Waals surface area contributed by atoms with Crippen LogP contribution in [0.5, 0.6) is 5.75 Å². The van der Waals surface area contributed by atoms with Crippen molar-refractivity contribution in [3.63, 3.8) is 0 Å². The quantitative estimate of drug-likeness (QED) is 0.801. The Bertz CT molecular complexity index is 412. The molecule has 0 aliphatic rings. The molecule has 0 saturated heterocycles. The third-order valence-electron chi connectivity index (χ3n) is 3.12. The smallest absolute Gasteiger partial charge is 0.512 e. The molecule has 0 heterocycles. The summed E-state index contributed by atoms with van der Waals surface area (Å²) in [6.07, 6.45) is 0. The minimum Gasteiger partial charge on any atom is -0.512 e. The van der Waals surface area contributed by atoms with Gasteiger partial charge in [0.25, 0.3) is 0 Å². The second-order valence-electron chi connectivity index (χ2n) is 5.55. The normalized spacial score (nSPS) is 11.3. The fourth-order valence-electron chi connectivity index (χ4n) is 2.15. The van der Waals surface area contributed by atoms with Crippen LogP contribution in [-0.4, -0.2) is 30.5 Å². The minimum absolute atomic E-state index is 0.0439. The second kappa shape index (κ2) is 6.30. The van der Waals surface area contributed by atoms with Gasteiger partial charge in [0.1, 0.15) is 5.75 Å². The summed E-state index contributed by atoms with van der Waals surface area (Å²) < 4.78 is 4.94. The number of nitrogens with zero attached hydrogens (tertiary/aromatic N) is 1. The zero-order chi connectivity index (χ0) is 14.6. The van der Waals surface area contributed by atoms with E-state index in [0.29, 0.717) is 5.75 Å². The fourth-order valence-corrected chi connectivity index (χ4v) is 2.15. The Balaban J connectivity index is 3.24. The van der Waals surface area contributed by atoms with Crippen LogP contribution in [0.3, 0.4) is 0 Å². The third-order valence-corrected chi connectivity index (χ3v) is 3.12. The summed E-state index contributed by atoms with van der Waals surface area (Å²) in [6, 6.07) is 5.63. The van der Waals surface area contributed by atoms with Gasteiger partial charge in [0.05, 0.1) is 0 Å². The van der Waals surface area contributed by atoms with Crippen molar-refractivity contribution in [3.8, 4) is 5.75 Å². The van der Waals surface area contributed by atoms with Crippen molar-refractivity contribution in [2.24, 2.45) is 0 Å². The molecule has 0 atom stereocenters. The van der Waals surface area contributed by atoms with Gasteiger partial charge in [-0.15, -0.1) is 0 Å². The lowest BCUT2D eigenvalue weighted by Crippen LogP contribution is -2.27. The molecule has 106 valence electrons. The van der Waals surface area contributed by atoms with E-state index in [4.69, 9.17) is 14.7 Å². The van der Waals surface area contributed by atoms with Crippen molar-refractivity contribution in [3.05, 3.63) is 23.8 Å². The van der Waals surface area contributed by atoms with Crippen molar-refractivity contribution < 1.29 is 14.7 Å². The highest BCUT2D eigenvalue weighted by Crippen LogP contribution is 2.35. The van der Waals surface area contributed by atoms with Crippen molar-refractivity contribution in [2.45, 2.75) is 40.0 Å². The van der Waals surface area contributed by atoms with Crippen molar-refractivity contribution in [1.82, 2.24) is 0 Å². The van der Waals surface area contributed by atoms with Crippen LogP contribution in [-0.2, 0) is 5.41 Å². The first-order chi connectivity index (χ1) is 8.79. The first-order valence-electron chi connectivity index (χ1n) is 6.71. The molecule has 2 N–H and O–H groups in total. The monoisotopic (exact) mass is 265 g/mol. The highest BCUT2D eigenvalue weighted by atomic mass is 16.6. The van der Waals surface area contributed by atoms with Crippen molar-refractivity contribution in [1.29, 1.82) is 0 Å². The summed E-state index contributed by atoms with van der Waals surface area (Å²) in [5, 5.41) is 17.8. The van der Waals surface area contributed by atoms with Gasteiger partial charge in [-0.2, -0.15) is 0 Å². The number of benzene rings is 1. The number of anilines is 1. The molecule has 4 nitrogen and oxygen atoms in total. The van der Waals surface area contributed by atoms with Gasteiger partial charge in [0, 0.05) is 18.8 Å². The van der Waals surface area contributed by atoms with E-state index in [9.17, 15) is 0 Å². The SMILES string of the molecule is CCN(CC)c1ccc(OB(O)O)cc1C(C)(C)C. The molecule has 1 aromatic carbocycles. The zero-order valence-electron chi connectivity index (χ0n) is 12.5. The van der Waals surface area contributed by atoms with Gasteiger partial charge >= 0.3 is 7.32 Å². The molecule has 0 bridgehead atoms. The summed E-state index contributed by atoms with van der Waals surface area (Å²) >= 11 is 0. The Kier molecular flexibility index (Phi) is 5.26. The van der Waals surface area contributed by atoms with Crippen molar-refractivity contribution >= 4 is 13.0 Å². The average molecular weight is 265 g/mol. The molecule has 19 heavy (non-hydrogen) atoms. The summed E-state index contributed by atoms with van der Waals surface area (Å²) in [6.45, 7) is 12.5. The van der Waals surface area contributed by atoms with E-state index >= 15 is 0 Å². The van der Waals surface area contributed by atoms with E-state index in [1.165, 1.54) is 0 Å². The first kappa shape index (κ1) is 15.9. The molecule has 5 heteroatoms. The standard InChI is InChI=1S/C14H24BNO3/c1-6-16(7-2)13-9-8-11(19-15(17)18)10-12(13)14(3,4)5/h8-10,17-18H,6-7H2,1-5H3. The van der Waals surface area contributed by atoms with Gasteiger partial charge in [-0.3, -0.25) is 0 Å². The molecule has 0 fully saturated rings. The Morgan fingerprint density at radius 3 is 2.16 bits per heavy atom. The third kappa shape index (κ3) is 4.15. The molecule has 1 aromatic rings. The molecular weight excluding hydrogens is 241 g/mol. The van der Waals surface area contributed by atoms with E-state index in [0.717, 1.165) is 24.3 Å². The van der Waals surface area contributed by atoms with Crippen LogP contribution in [0.4, 0.5) is 5.69 Å². The van der Waals surface area contributed by atoms with Crippen LogP contribution in [0.1, 0.15) is 40.2 Å². The molecule has 0 spiro atoms. The van der Waals surface area contributed by atoms with Crippen LogP contribution >= 0.6 is 0 Å². The predicted molar refractivity (Wildman–Crippen MR) is 79.5 cm³/mol. The summed E-state index contributed by atoms with van der Waals surface area (Å²) in [4.78, 5) is 2.28. The zero-order valence-corrected chi connectivity index (χ0v) is 12.5. The van der Waals surface area contributed by atoms with E-state index in [2.05, 4.69) is 39.5 Å². The molecule has 0 aliphatic carbocycles. The molecule has 0 unspecified atom stereocenters. The maximum absolute atomic E-state index is 8.89. The largest absolute Gasteiger partial charge is 0.707 e. The molecule has 0 aromatic heterocycles. The first-order valence-corrected chi connectivity index (χ1v) is 6.71. The molecule has 0 radical (unpaired) electrons. The summed E-state index contributed by atoms with van der Waals surface area (Å²) in [7, 11) is -1.79. The predicted octanol–water partition coefficient (Wildman–Crippen LogP) is 2.18. The Labute approximate surface area is 116 Å². The number of rotatable bonds is 5. The van der Waals surface area contributed by atoms with Gasteiger partial charge < -0.3 is 19.6 Å². The summed E-state index contributed by atoms with van der Waals surface area (Å²) in [5.41, 5.74) is 2.25. The molecule has 0 aliphatic heterocycles. The topological polar surface area (TPSA) is 52.9 Å². The van der Waals surface area contributed by atoms with Crippen LogP contribution in [0.15, 0.2) is 18.2 Å². The lowest BCUT2D eigenvalue weighted by Gasteiger charge is -2.30. The van der Waals surface area contributed by atoms with Gasteiger partial charge in [-0.25, -0.2) is 0 Å². The van der Waals surface area contributed by atoms with E-state index in [1.807, 2.05) is 12.1 Å². The highest BCUT2D eigenvalue weighted by molar-refractivity contribution is 6.33. The Morgan fingerprint density at radius 1 is 1.16 bits per heavy atom. The molecule has 0 saturated carbocycles. The molecular formula is C14H24BNO3. The lowest BCUT2D eigenvalue weighted by atomic mass is 9.85. The molecule has 0 amide bonds. The van der Waals surface area contributed by atoms with E-state index in [-0.39, 0.29) is 5.41 Å². The van der Waals surface area contributed by atoms with Gasteiger partial charge in [-0.1, -0.05) is 20.8 Å². The maximum atomic E-state index is 8.89. The minimum atomic E-state index is -1.79. The van der Waals surface area contributed by atoms with Crippen LogP contribution in [0.2, 0.25) is 0 Å². The van der Waals surface area contributed by atoms with E-state index < -0.39 is 7.32 Å². The fraction of sp³-hybridized carbons (Fsp3) is 0.571. The average Bonchev–Trinajstić information content (AvgIpc) is 2.30. The van der Waals surface area contributed by atoms with Crippen LogP contribution in [0, 0.1) is 0 Å². The Morgan fingerprint density at radius 2 is 1.74 bits per heavy atom. The summed E-state index contributed by atoms with van der Waals surface area (Å²) in [5.74, 6) is 0.468. The second-order valence-corrected chi connectivity index (χ2v) is 5.55. The van der Waals surface area contributed by atoms with Gasteiger partial charge in [0.2, 0.25) is 0 Å². The van der Waals surface area contributed by atoms with Crippen LogP contribution in [0.25, 0.3) is 0 Å². The van der Waals surface area contributed by atoms with Gasteiger partial charge in [0.15, 0.2) is 0 Å². The number of hydrogen-bond acceptors (Lipinski definition) is 4. The number of hydrogen-bond donors (Lipinski definition) is 2. The molecule has 1 rings (SSSR count). The lowest BCUT2D eigenvalue weighted by molar-refractivity contribution is 0.288. The van der Waals surface area contributed by atoms with Gasteiger partial charge in [-0.05, 0) is 43.0 Å². The van der Waals surface area contributed by atoms with Crippen molar-refractivity contribution in [2.75, 3.05) is 18.0 Å². The highest BCUT2D eigenvalue weighted by Gasteiger charge is 2.22. The maximum Gasteiger partial charge on any atom is 0.707 e. The Hall–Kier alpha value is -1.20.